The molecule has 0 fully saturated rings. The highest BCUT2D eigenvalue weighted by molar-refractivity contribution is 6.18. The third kappa shape index (κ3) is 6.38. The number of benzene rings is 10. The molecule has 0 aliphatic rings. The number of aromatic nitrogens is 4. The van der Waals surface area contributed by atoms with Crippen LogP contribution >= 0.6 is 0 Å². The van der Waals surface area contributed by atoms with Crippen LogP contribution in [0.2, 0.25) is 0 Å². The van der Waals surface area contributed by atoms with Gasteiger partial charge in [0.15, 0.2) is 17.5 Å². The lowest BCUT2D eigenvalue weighted by Crippen LogP contribution is -2.00. The Balaban J connectivity index is 0.952. The average molecular weight is 883 g/mol. The van der Waals surface area contributed by atoms with Gasteiger partial charge in [0.2, 0.25) is 0 Å². The summed E-state index contributed by atoms with van der Waals surface area (Å²) in [4.78, 5) is 15.1. The minimum absolute atomic E-state index is 0.589. The smallest absolute Gasteiger partial charge is 0.164 e. The molecule has 0 bridgehead atoms. The lowest BCUT2D eigenvalue weighted by atomic mass is 9.90. The molecule has 4 heterocycles. The van der Waals surface area contributed by atoms with Gasteiger partial charge in [-0.25, -0.2) is 15.0 Å². The van der Waals surface area contributed by atoms with Gasteiger partial charge in [0.25, 0.3) is 0 Å². The van der Waals surface area contributed by atoms with Gasteiger partial charge in [-0.3, -0.25) is 0 Å². The van der Waals surface area contributed by atoms with Gasteiger partial charge in [-0.15, -0.1) is 0 Å². The number of rotatable bonds is 7. The SMILES string of the molecule is c1ccc(-c2ccc3c(c2)c2ccccc2n3-c2ccc3oc4c(-c5c(-c6cccc(-c7nc(-c8ccccc8)nc(-c8ccccc8)n7)c6)ccc6c5oc5ccccc56)cccc4c3c2)cc1. The van der Waals surface area contributed by atoms with Crippen LogP contribution in [0.15, 0.2) is 239 Å². The van der Waals surface area contributed by atoms with E-state index in [2.05, 4.69) is 162 Å². The van der Waals surface area contributed by atoms with Crippen LogP contribution in [-0.2, 0) is 0 Å². The van der Waals surface area contributed by atoms with E-state index in [0.29, 0.717) is 17.5 Å². The van der Waals surface area contributed by atoms with Gasteiger partial charge in [0.05, 0.1) is 11.0 Å². The van der Waals surface area contributed by atoms with Crippen LogP contribution in [-0.4, -0.2) is 19.5 Å². The van der Waals surface area contributed by atoms with Crippen molar-refractivity contribution in [2.75, 3.05) is 0 Å². The van der Waals surface area contributed by atoms with Gasteiger partial charge < -0.3 is 13.4 Å². The molecule has 0 saturated carbocycles. The normalized spacial score (nSPS) is 11.8. The highest BCUT2D eigenvalue weighted by Gasteiger charge is 2.23. The van der Waals surface area contributed by atoms with Crippen molar-refractivity contribution in [2.45, 2.75) is 0 Å². The summed E-state index contributed by atoms with van der Waals surface area (Å²) in [6.07, 6.45) is 0. The second-order valence-electron chi connectivity index (χ2n) is 17.5. The van der Waals surface area contributed by atoms with Crippen LogP contribution in [0.1, 0.15) is 0 Å². The van der Waals surface area contributed by atoms with E-state index in [0.717, 1.165) is 99.5 Å². The Bertz CT molecular complexity index is 4250. The fourth-order valence-corrected chi connectivity index (χ4v) is 10.2. The molecule has 0 aliphatic heterocycles. The maximum atomic E-state index is 6.99. The van der Waals surface area contributed by atoms with Crippen molar-refractivity contribution in [1.29, 1.82) is 0 Å². The fraction of sp³-hybridized carbons (Fsp3) is 0. The van der Waals surface area contributed by atoms with Crippen LogP contribution in [0.5, 0.6) is 0 Å². The molecule has 14 aromatic rings. The molecule has 0 unspecified atom stereocenters. The fourth-order valence-electron chi connectivity index (χ4n) is 10.2. The summed E-state index contributed by atoms with van der Waals surface area (Å²) in [7, 11) is 0. The Morgan fingerprint density at radius 1 is 0.290 bits per heavy atom. The van der Waals surface area contributed by atoms with Crippen LogP contribution in [0, 0.1) is 0 Å². The lowest BCUT2D eigenvalue weighted by molar-refractivity contribution is 0.665. The van der Waals surface area contributed by atoms with E-state index in [1.54, 1.807) is 0 Å². The van der Waals surface area contributed by atoms with Crippen LogP contribution in [0.3, 0.4) is 0 Å². The monoisotopic (exact) mass is 882 g/mol. The first-order valence-corrected chi connectivity index (χ1v) is 23.2. The van der Waals surface area contributed by atoms with Crippen molar-refractivity contribution in [3.63, 3.8) is 0 Å². The molecular weight excluding hydrogens is 845 g/mol. The second kappa shape index (κ2) is 15.6. The summed E-state index contributed by atoms with van der Waals surface area (Å²) in [6.45, 7) is 0. The zero-order valence-corrected chi connectivity index (χ0v) is 37.0. The molecule has 0 amide bonds. The molecule has 0 aliphatic carbocycles. The highest BCUT2D eigenvalue weighted by Crippen LogP contribution is 2.47. The number of hydrogen-bond acceptors (Lipinski definition) is 5. The number of para-hydroxylation sites is 3. The number of hydrogen-bond donors (Lipinski definition) is 0. The van der Waals surface area contributed by atoms with E-state index >= 15 is 0 Å². The Labute approximate surface area is 396 Å². The number of nitrogens with zero attached hydrogens (tertiary/aromatic N) is 4. The zero-order valence-electron chi connectivity index (χ0n) is 37.0. The molecule has 0 spiro atoms. The second-order valence-corrected chi connectivity index (χ2v) is 17.5. The topological polar surface area (TPSA) is 69.9 Å². The quantitative estimate of drug-likeness (QED) is 0.159. The number of fused-ring (bicyclic) bond motifs is 9. The summed E-state index contributed by atoms with van der Waals surface area (Å²) in [5.41, 5.74) is 15.6. The molecule has 6 nitrogen and oxygen atoms in total. The maximum absolute atomic E-state index is 6.99. The van der Waals surface area contributed by atoms with E-state index < -0.39 is 0 Å². The van der Waals surface area contributed by atoms with Crippen LogP contribution < -0.4 is 0 Å². The molecule has 0 radical (unpaired) electrons. The Morgan fingerprint density at radius 2 is 0.855 bits per heavy atom. The van der Waals surface area contributed by atoms with Gasteiger partial charge >= 0.3 is 0 Å². The molecule has 4 aromatic heterocycles. The van der Waals surface area contributed by atoms with Gasteiger partial charge in [-0.1, -0.05) is 176 Å². The summed E-state index contributed by atoms with van der Waals surface area (Å²) in [5, 5.41) is 6.58. The highest BCUT2D eigenvalue weighted by atomic mass is 16.3. The summed E-state index contributed by atoms with van der Waals surface area (Å²) in [6, 6.07) is 80.3. The minimum Gasteiger partial charge on any atom is -0.455 e. The van der Waals surface area contributed by atoms with Gasteiger partial charge in [-0.05, 0) is 76.9 Å². The van der Waals surface area contributed by atoms with Gasteiger partial charge in [0.1, 0.15) is 22.3 Å². The Morgan fingerprint density at radius 3 is 1.62 bits per heavy atom. The number of furan rings is 2. The van der Waals surface area contributed by atoms with Crippen molar-refractivity contribution in [3.05, 3.63) is 231 Å². The molecule has 69 heavy (non-hydrogen) atoms. The predicted octanol–water partition coefficient (Wildman–Crippen LogP) is 16.8. The van der Waals surface area contributed by atoms with E-state index in [4.69, 9.17) is 23.8 Å². The van der Waals surface area contributed by atoms with E-state index in [-0.39, 0.29) is 0 Å². The zero-order chi connectivity index (χ0) is 45.4. The predicted molar refractivity (Wildman–Crippen MR) is 281 cm³/mol. The maximum Gasteiger partial charge on any atom is 0.164 e. The minimum atomic E-state index is 0.589. The lowest BCUT2D eigenvalue weighted by Gasteiger charge is -2.13. The van der Waals surface area contributed by atoms with Crippen LogP contribution in [0.4, 0.5) is 0 Å². The molecular formula is C63H38N4O2. The third-order valence-electron chi connectivity index (χ3n) is 13.5. The first-order valence-electron chi connectivity index (χ1n) is 23.2. The Kier molecular flexibility index (Phi) is 8.79. The molecule has 0 saturated heterocycles. The van der Waals surface area contributed by atoms with Crippen molar-refractivity contribution in [3.8, 4) is 73.2 Å². The molecule has 6 heteroatoms. The van der Waals surface area contributed by atoms with Crippen LogP contribution in [0.25, 0.3) is 139 Å². The van der Waals surface area contributed by atoms with Crippen molar-refractivity contribution in [1.82, 2.24) is 19.5 Å². The molecule has 322 valence electrons. The summed E-state index contributed by atoms with van der Waals surface area (Å²) < 4.78 is 16.2. The van der Waals surface area contributed by atoms with Crippen molar-refractivity contribution in [2.24, 2.45) is 0 Å². The summed E-state index contributed by atoms with van der Waals surface area (Å²) in [5.74, 6) is 1.82. The molecule has 0 atom stereocenters. The first kappa shape index (κ1) is 38.8. The molecule has 14 rings (SSSR count). The van der Waals surface area contributed by atoms with E-state index in [9.17, 15) is 0 Å². The van der Waals surface area contributed by atoms with Crippen molar-refractivity contribution < 1.29 is 8.83 Å². The molecule has 0 N–H and O–H groups in total. The molecule has 10 aromatic carbocycles. The van der Waals surface area contributed by atoms with E-state index in [1.165, 1.54) is 21.9 Å². The first-order chi connectivity index (χ1) is 34.2. The average Bonchev–Trinajstić information content (AvgIpc) is 4.11. The van der Waals surface area contributed by atoms with Crippen molar-refractivity contribution >= 4 is 65.7 Å². The van der Waals surface area contributed by atoms with E-state index in [1.807, 2.05) is 72.8 Å². The van der Waals surface area contributed by atoms with Gasteiger partial charge in [-0.2, -0.15) is 0 Å². The van der Waals surface area contributed by atoms with Gasteiger partial charge in [0, 0.05) is 65.8 Å². The standard InChI is InChI=1S/C63H38N4O2/c1-4-16-39(17-5-1)42-30-34-55-52(37-42)47-24-10-12-28-54(47)67(55)45-31-35-57-53(38-45)49-26-15-27-51(59(49)68-57)58-46(32-33-50-48-25-11-13-29-56(48)69-60(50)58)43-22-14-23-44(36-43)63-65-61(40-18-6-2-7-19-40)64-62(66-63)41-20-8-3-9-21-41/h1-38H. The third-order valence-corrected chi connectivity index (χ3v) is 13.5. The largest absolute Gasteiger partial charge is 0.455 e. The Hall–Kier alpha value is -9.39. The summed E-state index contributed by atoms with van der Waals surface area (Å²) >= 11 is 0.